The zero-order valence-corrected chi connectivity index (χ0v) is 15.5. The average Bonchev–Trinajstić information content (AvgIpc) is 2.36. The van der Waals surface area contributed by atoms with Crippen molar-refractivity contribution in [1.82, 2.24) is 4.90 Å². The molecule has 2 atom stereocenters. The highest BCUT2D eigenvalue weighted by molar-refractivity contribution is 15.0. The third-order valence-corrected chi connectivity index (χ3v) is 2.86. The molecule has 0 aliphatic heterocycles. The Kier molecular flexibility index (Phi) is 12.0. The number of carbonyl (C=O) groups is 2. The molecule has 0 spiro atoms. The molecule has 0 radical (unpaired) electrons. The van der Waals surface area contributed by atoms with E-state index in [1.807, 2.05) is 20.8 Å². The molecule has 0 fully saturated rings. The van der Waals surface area contributed by atoms with E-state index in [-0.39, 0.29) is 23.7 Å². The van der Waals surface area contributed by atoms with E-state index in [2.05, 4.69) is 42.0 Å². The number of hydrogen-bond acceptors (Lipinski definition) is 3. The van der Waals surface area contributed by atoms with E-state index in [0.717, 1.165) is 0 Å². The van der Waals surface area contributed by atoms with Gasteiger partial charge in [0.15, 0.2) is 0 Å². The summed E-state index contributed by atoms with van der Waals surface area (Å²) in [5, 5.41) is 0. The Balaban J connectivity index is 0. The monoisotopic (exact) mass is 469 g/mol. The lowest BCUT2D eigenvalue weighted by atomic mass is 9.96. The van der Waals surface area contributed by atoms with Crippen LogP contribution in [-0.2, 0) is 14.3 Å². The van der Waals surface area contributed by atoms with E-state index in [1.54, 1.807) is 14.0 Å². The second-order valence-corrected chi connectivity index (χ2v) is 4.18. The Morgan fingerprint density at radius 2 is 1.53 bits per heavy atom. The van der Waals surface area contributed by atoms with Crippen LogP contribution in [0.2, 0.25) is 0 Å². The Morgan fingerprint density at radius 1 is 1.12 bits per heavy atom. The van der Waals surface area contributed by atoms with Gasteiger partial charge in [0, 0.05) is 50.2 Å². The van der Waals surface area contributed by atoms with Crippen LogP contribution in [0, 0.1) is 11.8 Å². The third-order valence-electron chi connectivity index (χ3n) is 2.86. The van der Waals surface area contributed by atoms with E-state index in [9.17, 15) is 9.59 Å². The largest absolute Gasteiger partial charge is 0.467 e. The number of carbonyl (C=O) groups excluding carboxylic acids is 2. The Bertz CT molecular complexity index is 247. The van der Waals surface area contributed by atoms with E-state index < -0.39 is 6.04 Å². The molecule has 0 aromatic heterocycles. The molecule has 1 amide bonds. The first kappa shape index (κ1) is 19.7. The van der Waals surface area contributed by atoms with Crippen molar-refractivity contribution < 1.29 is 14.3 Å². The minimum Gasteiger partial charge on any atom is -0.467 e. The fourth-order valence-electron chi connectivity index (χ4n) is 1.13. The van der Waals surface area contributed by atoms with Crippen LogP contribution in [-0.4, -0.2) is 37.0 Å². The molecule has 0 bridgehead atoms. The lowest BCUT2D eigenvalue weighted by molar-refractivity contribution is -0.152. The number of hydrogen-bond donors (Lipinski definition) is 0. The van der Waals surface area contributed by atoms with Crippen LogP contribution in [0.15, 0.2) is 0 Å². The SMILES string of the molecule is COC(=O)[C@H](C)N(C)C(=O)C(C)C(C)C.II. The number of methoxy groups -OCH3 is 1. The van der Waals surface area contributed by atoms with Crippen molar-refractivity contribution in [3.05, 3.63) is 0 Å². The van der Waals surface area contributed by atoms with Gasteiger partial charge in [-0.3, -0.25) is 4.79 Å². The van der Waals surface area contributed by atoms with E-state index in [0.29, 0.717) is 0 Å². The summed E-state index contributed by atoms with van der Waals surface area (Å²) in [5.41, 5.74) is 0. The maximum atomic E-state index is 11.9. The summed E-state index contributed by atoms with van der Waals surface area (Å²) in [5.74, 6) is -0.225. The normalized spacial score (nSPS) is 13.2. The van der Waals surface area contributed by atoms with E-state index >= 15 is 0 Å². The smallest absolute Gasteiger partial charge is 0.328 e. The summed E-state index contributed by atoms with van der Waals surface area (Å²) in [6.45, 7) is 7.50. The molecular weight excluding hydrogens is 448 g/mol. The number of halogens is 2. The van der Waals surface area contributed by atoms with Gasteiger partial charge in [0.1, 0.15) is 6.04 Å². The van der Waals surface area contributed by atoms with Crippen LogP contribution < -0.4 is 0 Å². The van der Waals surface area contributed by atoms with E-state index in [1.165, 1.54) is 12.0 Å². The van der Waals surface area contributed by atoms with Crippen molar-refractivity contribution in [3.8, 4) is 0 Å². The van der Waals surface area contributed by atoms with Crippen molar-refractivity contribution in [1.29, 1.82) is 0 Å². The van der Waals surface area contributed by atoms with E-state index in [4.69, 9.17) is 0 Å². The number of rotatable bonds is 4. The fourth-order valence-corrected chi connectivity index (χ4v) is 1.13. The molecular formula is C11H21I2NO3. The highest BCUT2D eigenvalue weighted by Gasteiger charge is 2.27. The molecule has 17 heavy (non-hydrogen) atoms. The summed E-state index contributed by atoms with van der Waals surface area (Å²) in [7, 11) is 2.95. The highest BCUT2D eigenvalue weighted by atomic mass is 128. The van der Waals surface area contributed by atoms with Crippen LogP contribution in [0.5, 0.6) is 0 Å². The molecule has 0 aliphatic carbocycles. The number of nitrogens with zero attached hydrogens (tertiary/aromatic N) is 1. The number of likely N-dealkylation sites (N-methyl/N-ethyl adjacent to an activating group) is 1. The molecule has 1 unspecified atom stereocenters. The second kappa shape index (κ2) is 10.3. The van der Waals surface area contributed by atoms with Gasteiger partial charge in [-0.05, 0) is 12.8 Å². The molecule has 0 heterocycles. The topological polar surface area (TPSA) is 46.6 Å². The first-order valence-corrected chi connectivity index (χ1v) is 11.6. The van der Waals surface area contributed by atoms with Gasteiger partial charge in [-0.15, -0.1) is 0 Å². The summed E-state index contributed by atoms with van der Waals surface area (Å²) in [6.07, 6.45) is 0. The van der Waals surface area contributed by atoms with Crippen molar-refractivity contribution in [2.24, 2.45) is 11.8 Å². The predicted octanol–water partition coefficient (Wildman–Crippen LogP) is 3.07. The van der Waals surface area contributed by atoms with Gasteiger partial charge in [-0.2, -0.15) is 0 Å². The Labute approximate surface area is 127 Å². The van der Waals surface area contributed by atoms with Crippen LogP contribution in [0.1, 0.15) is 27.7 Å². The maximum Gasteiger partial charge on any atom is 0.328 e. The van der Waals surface area contributed by atoms with Crippen molar-refractivity contribution >= 4 is 49.1 Å². The zero-order chi connectivity index (χ0) is 14.2. The summed E-state index contributed by atoms with van der Waals surface area (Å²) in [4.78, 5) is 24.5. The van der Waals surface area contributed by atoms with Crippen LogP contribution in [0.25, 0.3) is 0 Å². The van der Waals surface area contributed by atoms with Crippen molar-refractivity contribution in [3.63, 3.8) is 0 Å². The van der Waals surface area contributed by atoms with Gasteiger partial charge in [0.25, 0.3) is 0 Å². The van der Waals surface area contributed by atoms with Gasteiger partial charge in [0.05, 0.1) is 7.11 Å². The van der Waals surface area contributed by atoms with Crippen molar-refractivity contribution in [2.45, 2.75) is 33.7 Å². The van der Waals surface area contributed by atoms with Gasteiger partial charge in [-0.25, -0.2) is 4.79 Å². The predicted molar refractivity (Wildman–Crippen MR) is 86.3 cm³/mol. The third kappa shape index (κ3) is 6.78. The molecule has 102 valence electrons. The number of esters is 1. The molecule has 0 aromatic carbocycles. The molecule has 0 saturated heterocycles. The van der Waals surface area contributed by atoms with Gasteiger partial charge in [-0.1, -0.05) is 20.8 Å². The Morgan fingerprint density at radius 3 is 1.82 bits per heavy atom. The van der Waals surface area contributed by atoms with Gasteiger partial charge in [0.2, 0.25) is 5.91 Å². The molecule has 6 heteroatoms. The summed E-state index contributed by atoms with van der Waals surface area (Å²) in [6, 6.07) is -0.524. The summed E-state index contributed by atoms with van der Waals surface area (Å²) >= 11 is 4.24. The molecule has 0 N–H and O–H groups in total. The highest BCUT2D eigenvalue weighted by Crippen LogP contribution is 2.14. The molecule has 4 nitrogen and oxygen atoms in total. The van der Waals surface area contributed by atoms with Crippen LogP contribution in [0.3, 0.4) is 0 Å². The van der Waals surface area contributed by atoms with Gasteiger partial charge < -0.3 is 9.64 Å². The fraction of sp³-hybridized carbons (Fsp3) is 0.818. The van der Waals surface area contributed by atoms with Crippen LogP contribution >= 0.6 is 37.2 Å². The van der Waals surface area contributed by atoms with Crippen LogP contribution in [0.4, 0.5) is 0 Å². The first-order chi connectivity index (χ1) is 7.82. The minimum absolute atomic E-state index is 0.0251. The van der Waals surface area contributed by atoms with Gasteiger partial charge >= 0.3 is 5.97 Å². The molecule has 0 aliphatic rings. The van der Waals surface area contributed by atoms with Crippen molar-refractivity contribution in [2.75, 3.05) is 14.2 Å². The summed E-state index contributed by atoms with van der Waals surface area (Å²) < 4.78 is 4.59. The standard InChI is InChI=1S/C11H21NO3.I2/c1-7(2)8(3)10(13)12(5)9(4)11(14)15-6;1-2/h7-9H,1-6H3;/t8?,9-;/m0./s1. The Hall–Kier alpha value is 0.400. The lowest BCUT2D eigenvalue weighted by Crippen LogP contribution is -2.44. The average molecular weight is 469 g/mol. The number of ether oxygens (including phenoxy) is 1. The quantitative estimate of drug-likeness (QED) is 0.470. The molecule has 0 saturated carbocycles. The number of amides is 1. The molecule has 0 aromatic rings. The lowest BCUT2D eigenvalue weighted by Gasteiger charge is -2.27. The first-order valence-electron chi connectivity index (χ1n) is 5.31. The minimum atomic E-state index is -0.524. The molecule has 0 rings (SSSR count). The maximum absolute atomic E-state index is 11.9. The zero-order valence-electron chi connectivity index (χ0n) is 11.2. The second-order valence-electron chi connectivity index (χ2n) is 4.18.